The average molecular weight is 375 g/mol. The maximum absolute atomic E-state index is 13.9. The molecule has 0 heterocycles. The number of carbonyl (C=O) groups is 1. The molecule has 2 rings (SSSR count). The SMILES string of the molecule is CCN(C(=O)c1c(F)cccc1I)C1CCCCC1. The minimum Gasteiger partial charge on any atom is -0.336 e. The van der Waals surface area contributed by atoms with Crippen LogP contribution in [0.15, 0.2) is 18.2 Å². The zero-order valence-electron chi connectivity index (χ0n) is 11.2. The molecular weight excluding hydrogens is 356 g/mol. The van der Waals surface area contributed by atoms with E-state index in [9.17, 15) is 9.18 Å². The summed E-state index contributed by atoms with van der Waals surface area (Å²) < 4.78 is 14.6. The molecule has 104 valence electrons. The Morgan fingerprint density at radius 2 is 2.05 bits per heavy atom. The first-order valence-corrected chi connectivity index (χ1v) is 7.98. The summed E-state index contributed by atoms with van der Waals surface area (Å²) in [5.41, 5.74) is 0.232. The molecule has 0 aliphatic heterocycles. The Hall–Kier alpha value is -0.650. The van der Waals surface area contributed by atoms with Crippen molar-refractivity contribution < 1.29 is 9.18 Å². The van der Waals surface area contributed by atoms with Gasteiger partial charge in [-0.15, -0.1) is 0 Å². The second-order valence-electron chi connectivity index (χ2n) is 4.98. The summed E-state index contributed by atoms with van der Waals surface area (Å²) in [6, 6.07) is 5.07. The molecule has 0 atom stereocenters. The van der Waals surface area contributed by atoms with Crippen LogP contribution < -0.4 is 0 Å². The summed E-state index contributed by atoms with van der Waals surface area (Å²) in [6.45, 7) is 2.62. The third-order valence-corrected chi connectivity index (χ3v) is 4.69. The summed E-state index contributed by atoms with van der Waals surface area (Å²) in [7, 11) is 0. The Kier molecular flexibility index (Phi) is 5.19. The Labute approximate surface area is 127 Å². The summed E-state index contributed by atoms with van der Waals surface area (Å²) in [6.07, 6.45) is 5.68. The first kappa shape index (κ1) is 14.8. The summed E-state index contributed by atoms with van der Waals surface area (Å²) in [5, 5.41) is 0. The van der Waals surface area contributed by atoms with Crippen molar-refractivity contribution in [1.82, 2.24) is 4.90 Å². The lowest BCUT2D eigenvalue weighted by molar-refractivity contribution is 0.0642. The van der Waals surface area contributed by atoms with Crippen LogP contribution in [0.4, 0.5) is 4.39 Å². The maximum Gasteiger partial charge on any atom is 0.258 e. The van der Waals surface area contributed by atoms with E-state index in [0.29, 0.717) is 10.1 Å². The van der Waals surface area contributed by atoms with Crippen molar-refractivity contribution in [2.45, 2.75) is 45.1 Å². The van der Waals surface area contributed by atoms with Crippen molar-refractivity contribution in [2.24, 2.45) is 0 Å². The van der Waals surface area contributed by atoms with Crippen molar-refractivity contribution in [2.75, 3.05) is 6.54 Å². The lowest BCUT2D eigenvalue weighted by Gasteiger charge is -2.34. The van der Waals surface area contributed by atoms with Gasteiger partial charge in [0.15, 0.2) is 0 Å². The molecule has 1 aromatic rings. The molecular formula is C15H19FINO. The average Bonchev–Trinajstić information content (AvgIpc) is 2.40. The van der Waals surface area contributed by atoms with Gasteiger partial charge < -0.3 is 4.90 Å². The van der Waals surface area contributed by atoms with Gasteiger partial charge in [-0.2, -0.15) is 0 Å². The quantitative estimate of drug-likeness (QED) is 0.725. The molecule has 2 nitrogen and oxygen atoms in total. The highest BCUT2D eigenvalue weighted by Gasteiger charge is 2.27. The van der Waals surface area contributed by atoms with Gasteiger partial charge in [0, 0.05) is 16.2 Å². The van der Waals surface area contributed by atoms with Gasteiger partial charge >= 0.3 is 0 Å². The van der Waals surface area contributed by atoms with Crippen LogP contribution >= 0.6 is 22.6 Å². The van der Waals surface area contributed by atoms with Gasteiger partial charge in [-0.1, -0.05) is 25.3 Å². The molecule has 0 spiro atoms. The minimum absolute atomic E-state index is 0.156. The topological polar surface area (TPSA) is 20.3 Å². The van der Waals surface area contributed by atoms with Crippen LogP contribution in [-0.4, -0.2) is 23.4 Å². The van der Waals surface area contributed by atoms with Crippen molar-refractivity contribution >= 4 is 28.5 Å². The third kappa shape index (κ3) is 3.27. The van der Waals surface area contributed by atoms with Crippen molar-refractivity contribution in [3.63, 3.8) is 0 Å². The van der Waals surface area contributed by atoms with Crippen LogP contribution in [0.5, 0.6) is 0 Å². The fraction of sp³-hybridized carbons (Fsp3) is 0.533. The number of rotatable bonds is 3. The van der Waals surface area contributed by atoms with E-state index in [1.807, 2.05) is 34.4 Å². The van der Waals surface area contributed by atoms with Gasteiger partial charge in [0.05, 0.1) is 5.56 Å². The van der Waals surface area contributed by atoms with Crippen LogP contribution in [-0.2, 0) is 0 Å². The number of amides is 1. The van der Waals surface area contributed by atoms with E-state index in [-0.39, 0.29) is 17.5 Å². The molecule has 1 aliphatic rings. The molecule has 0 saturated heterocycles. The van der Waals surface area contributed by atoms with Gasteiger partial charge in [-0.25, -0.2) is 4.39 Å². The second kappa shape index (κ2) is 6.68. The van der Waals surface area contributed by atoms with Crippen molar-refractivity contribution in [1.29, 1.82) is 0 Å². The fourth-order valence-electron chi connectivity index (χ4n) is 2.81. The van der Waals surface area contributed by atoms with Crippen molar-refractivity contribution in [3.05, 3.63) is 33.1 Å². The van der Waals surface area contributed by atoms with E-state index < -0.39 is 5.82 Å². The highest BCUT2D eigenvalue weighted by Crippen LogP contribution is 2.26. The van der Waals surface area contributed by atoms with E-state index in [1.54, 1.807) is 12.1 Å². The standard InChI is InChI=1S/C15H19FINO/c1-2-18(11-7-4-3-5-8-11)15(19)14-12(16)9-6-10-13(14)17/h6,9-11H,2-5,7-8H2,1H3. The van der Waals surface area contributed by atoms with Crippen LogP contribution in [0.2, 0.25) is 0 Å². The minimum atomic E-state index is -0.411. The number of hydrogen-bond acceptors (Lipinski definition) is 1. The molecule has 1 aliphatic carbocycles. The predicted molar refractivity (Wildman–Crippen MR) is 82.7 cm³/mol. The molecule has 0 bridgehead atoms. The van der Waals surface area contributed by atoms with Gasteiger partial charge in [-0.3, -0.25) is 4.79 Å². The van der Waals surface area contributed by atoms with Crippen molar-refractivity contribution in [3.8, 4) is 0 Å². The first-order valence-electron chi connectivity index (χ1n) is 6.90. The molecule has 1 saturated carbocycles. The molecule has 4 heteroatoms. The van der Waals surface area contributed by atoms with E-state index in [0.717, 1.165) is 12.8 Å². The molecule has 19 heavy (non-hydrogen) atoms. The first-order chi connectivity index (χ1) is 9.15. The Morgan fingerprint density at radius 3 is 2.63 bits per heavy atom. The Bertz CT molecular complexity index is 437. The molecule has 1 fully saturated rings. The predicted octanol–water partition coefficient (Wildman–Crippen LogP) is 4.23. The second-order valence-corrected chi connectivity index (χ2v) is 6.14. The van der Waals surface area contributed by atoms with Crippen LogP contribution in [0, 0.1) is 9.39 Å². The van der Waals surface area contributed by atoms with Crippen LogP contribution in [0.25, 0.3) is 0 Å². The number of hydrogen-bond donors (Lipinski definition) is 0. The number of benzene rings is 1. The number of nitrogens with zero attached hydrogens (tertiary/aromatic N) is 1. The molecule has 1 amide bonds. The fourth-order valence-corrected chi connectivity index (χ4v) is 3.50. The molecule has 0 unspecified atom stereocenters. The van der Waals surface area contributed by atoms with Crippen LogP contribution in [0.1, 0.15) is 49.4 Å². The molecule has 0 aromatic heterocycles. The zero-order valence-corrected chi connectivity index (χ0v) is 13.3. The Balaban J connectivity index is 2.25. The monoisotopic (exact) mass is 375 g/mol. The summed E-state index contributed by atoms with van der Waals surface area (Å²) in [4.78, 5) is 14.4. The smallest absolute Gasteiger partial charge is 0.258 e. The van der Waals surface area contributed by atoms with Gasteiger partial charge in [0.2, 0.25) is 0 Å². The van der Waals surface area contributed by atoms with Crippen LogP contribution in [0.3, 0.4) is 0 Å². The van der Waals surface area contributed by atoms with E-state index in [2.05, 4.69) is 0 Å². The van der Waals surface area contributed by atoms with Gasteiger partial charge in [-0.05, 0) is 54.5 Å². The summed E-state index contributed by atoms with van der Waals surface area (Å²) in [5.74, 6) is -0.567. The largest absolute Gasteiger partial charge is 0.336 e. The normalized spacial score (nSPS) is 16.4. The zero-order chi connectivity index (χ0) is 13.8. The highest BCUT2D eigenvalue weighted by molar-refractivity contribution is 14.1. The summed E-state index contributed by atoms with van der Waals surface area (Å²) >= 11 is 2.03. The van der Waals surface area contributed by atoms with E-state index in [1.165, 1.54) is 25.3 Å². The number of carbonyl (C=O) groups excluding carboxylic acids is 1. The molecule has 0 radical (unpaired) electrons. The molecule has 0 N–H and O–H groups in total. The Morgan fingerprint density at radius 1 is 1.37 bits per heavy atom. The lowest BCUT2D eigenvalue weighted by atomic mass is 9.93. The van der Waals surface area contributed by atoms with E-state index in [4.69, 9.17) is 0 Å². The van der Waals surface area contributed by atoms with Gasteiger partial charge in [0.25, 0.3) is 5.91 Å². The lowest BCUT2D eigenvalue weighted by Crippen LogP contribution is -2.42. The number of halogens is 2. The maximum atomic E-state index is 13.9. The molecule has 1 aromatic carbocycles. The van der Waals surface area contributed by atoms with Gasteiger partial charge in [0.1, 0.15) is 5.82 Å². The third-order valence-electron chi connectivity index (χ3n) is 3.79. The van der Waals surface area contributed by atoms with E-state index >= 15 is 0 Å². The highest BCUT2D eigenvalue weighted by atomic mass is 127.